The summed E-state index contributed by atoms with van der Waals surface area (Å²) in [4.78, 5) is 11.8. The van der Waals surface area contributed by atoms with Crippen LogP contribution in [-0.4, -0.2) is 31.8 Å². The average Bonchev–Trinajstić information content (AvgIpc) is 2.85. The number of rotatable bonds is 4. The van der Waals surface area contributed by atoms with Gasteiger partial charge in [-0.25, -0.2) is 0 Å². The number of carbonyl (C=O) groups is 1. The molecule has 0 spiro atoms. The van der Waals surface area contributed by atoms with Crippen molar-refractivity contribution in [1.82, 2.24) is 5.32 Å². The van der Waals surface area contributed by atoms with E-state index in [9.17, 15) is 4.79 Å². The third-order valence-electron chi connectivity index (χ3n) is 2.95. The fourth-order valence-electron chi connectivity index (χ4n) is 1.99. The van der Waals surface area contributed by atoms with Crippen molar-refractivity contribution in [3.8, 4) is 0 Å². The number of hydrogen-bond donors (Lipinski definition) is 1. The molecule has 0 aliphatic carbocycles. The molecule has 0 aromatic heterocycles. The van der Waals surface area contributed by atoms with Crippen molar-refractivity contribution in [2.45, 2.75) is 25.2 Å². The Morgan fingerprint density at radius 3 is 2.88 bits per heavy atom. The largest absolute Gasteiger partial charge is 0.460 e. The zero-order chi connectivity index (χ0) is 12.1. The zero-order valence-electron chi connectivity index (χ0n) is 9.89. The second kappa shape index (κ2) is 5.80. The molecule has 4 heteroatoms. The first-order valence-electron chi connectivity index (χ1n) is 5.78. The Balaban J connectivity index is 1.85. The summed E-state index contributed by atoms with van der Waals surface area (Å²) in [7, 11) is 1.62. The number of esters is 1. The normalized spacial score (nSPS) is 23.6. The van der Waals surface area contributed by atoms with Crippen molar-refractivity contribution in [1.29, 1.82) is 0 Å². The predicted molar refractivity (Wildman–Crippen MR) is 63.4 cm³/mol. The first kappa shape index (κ1) is 12.1. The van der Waals surface area contributed by atoms with Crippen LogP contribution in [0.15, 0.2) is 30.3 Å². The molecular weight excluding hydrogens is 218 g/mol. The van der Waals surface area contributed by atoms with Gasteiger partial charge in [-0.1, -0.05) is 30.3 Å². The number of benzene rings is 1. The molecule has 1 N–H and O–H groups in total. The molecule has 1 saturated heterocycles. The highest BCUT2D eigenvalue weighted by Gasteiger charge is 2.33. The van der Waals surface area contributed by atoms with E-state index in [-0.39, 0.29) is 18.1 Å². The number of methoxy groups -OCH3 is 1. The van der Waals surface area contributed by atoms with Gasteiger partial charge in [0.05, 0.1) is 6.10 Å². The summed E-state index contributed by atoms with van der Waals surface area (Å²) >= 11 is 0. The maximum Gasteiger partial charge on any atom is 0.326 e. The van der Waals surface area contributed by atoms with Gasteiger partial charge in [0.15, 0.2) is 0 Å². The Morgan fingerprint density at radius 1 is 1.41 bits per heavy atom. The van der Waals surface area contributed by atoms with Gasteiger partial charge < -0.3 is 14.8 Å². The summed E-state index contributed by atoms with van der Waals surface area (Å²) in [6, 6.07) is 9.32. The summed E-state index contributed by atoms with van der Waals surface area (Å²) in [5.41, 5.74) is 0.993. The Hall–Kier alpha value is -1.39. The van der Waals surface area contributed by atoms with Crippen molar-refractivity contribution >= 4 is 5.97 Å². The van der Waals surface area contributed by atoms with Gasteiger partial charge in [0.1, 0.15) is 12.6 Å². The van der Waals surface area contributed by atoms with Gasteiger partial charge in [0.25, 0.3) is 0 Å². The SMILES string of the molecule is CO[C@@H]1CCN[C@@H]1C(=O)OCc1ccccc1. The molecule has 2 rings (SSSR count). The van der Waals surface area contributed by atoms with Crippen molar-refractivity contribution < 1.29 is 14.3 Å². The van der Waals surface area contributed by atoms with E-state index in [2.05, 4.69) is 5.32 Å². The standard InChI is InChI=1S/C13H17NO3/c1-16-11-7-8-14-12(11)13(15)17-9-10-5-3-2-4-6-10/h2-6,11-12,14H,7-9H2,1H3/t11-,12+/m1/s1. The minimum absolute atomic E-state index is 0.0710. The molecule has 0 radical (unpaired) electrons. The van der Waals surface area contributed by atoms with Crippen LogP contribution in [0.1, 0.15) is 12.0 Å². The molecule has 1 aromatic carbocycles. The first-order valence-corrected chi connectivity index (χ1v) is 5.78. The molecule has 1 fully saturated rings. The van der Waals surface area contributed by atoms with Crippen molar-refractivity contribution in [3.63, 3.8) is 0 Å². The molecule has 2 atom stereocenters. The Morgan fingerprint density at radius 2 is 2.18 bits per heavy atom. The number of hydrogen-bond acceptors (Lipinski definition) is 4. The summed E-state index contributed by atoms with van der Waals surface area (Å²) in [5, 5.41) is 3.09. The molecule has 1 aliphatic heterocycles. The van der Waals surface area contributed by atoms with E-state index in [1.807, 2.05) is 30.3 Å². The lowest BCUT2D eigenvalue weighted by molar-refractivity contribution is -0.149. The molecule has 0 bridgehead atoms. The molecule has 4 nitrogen and oxygen atoms in total. The monoisotopic (exact) mass is 235 g/mol. The minimum Gasteiger partial charge on any atom is -0.460 e. The fraction of sp³-hybridized carbons (Fsp3) is 0.462. The highest BCUT2D eigenvalue weighted by atomic mass is 16.5. The Bertz CT molecular complexity index is 366. The van der Waals surface area contributed by atoms with Crippen LogP contribution in [0.2, 0.25) is 0 Å². The Kier molecular flexibility index (Phi) is 4.12. The van der Waals surface area contributed by atoms with Crippen LogP contribution in [0.5, 0.6) is 0 Å². The second-order valence-corrected chi connectivity index (χ2v) is 4.09. The molecule has 1 heterocycles. The van der Waals surface area contributed by atoms with E-state index in [0.29, 0.717) is 6.61 Å². The number of nitrogens with one attached hydrogen (secondary N) is 1. The van der Waals surface area contributed by atoms with Gasteiger partial charge in [-0.3, -0.25) is 4.79 Å². The van der Waals surface area contributed by atoms with E-state index in [1.165, 1.54) is 0 Å². The molecule has 0 unspecified atom stereocenters. The van der Waals surface area contributed by atoms with Gasteiger partial charge in [-0.2, -0.15) is 0 Å². The Labute approximate surface area is 101 Å². The van der Waals surface area contributed by atoms with Crippen molar-refractivity contribution in [3.05, 3.63) is 35.9 Å². The van der Waals surface area contributed by atoms with Crippen molar-refractivity contribution in [2.24, 2.45) is 0 Å². The van der Waals surface area contributed by atoms with Crippen LogP contribution in [0.4, 0.5) is 0 Å². The second-order valence-electron chi connectivity index (χ2n) is 4.09. The third-order valence-corrected chi connectivity index (χ3v) is 2.95. The molecule has 17 heavy (non-hydrogen) atoms. The van der Waals surface area contributed by atoms with Crippen LogP contribution < -0.4 is 5.32 Å². The quantitative estimate of drug-likeness (QED) is 0.794. The van der Waals surface area contributed by atoms with E-state index >= 15 is 0 Å². The number of ether oxygens (including phenoxy) is 2. The van der Waals surface area contributed by atoms with Gasteiger partial charge in [0.2, 0.25) is 0 Å². The van der Waals surface area contributed by atoms with Crippen LogP contribution in [0, 0.1) is 0 Å². The maximum atomic E-state index is 11.8. The fourth-order valence-corrected chi connectivity index (χ4v) is 1.99. The van der Waals surface area contributed by atoms with Crippen molar-refractivity contribution in [2.75, 3.05) is 13.7 Å². The van der Waals surface area contributed by atoms with E-state index < -0.39 is 0 Å². The van der Waals surface area contributed by atoms with Gasteiger partial charge in [-0.05, 0) is 18.5 Å². The molecular formula is C13H17NO3. The summed E-state index contributed by atoms with van der Waals surface area (Å²) in [6.07, 6.45) is 0.778. The van der Waals surface area contributed by atoms with Gasteiger partial charge >= 0.3 is 5.97 Å². The summed E-state index contributed by atoms with van der Waals surface area (Å²) in [5.74, 6) is -0.238. The average molecular weight is 235 g/mol. The van der Waals surface area contributed by atoms with Crippen LogP contribution in [0.25, 0.3) is 0 Å². The highest BCUT2D eigenvalue weighted by molar-refractivity contribution is 5.77. The van der Waals surface area contributed by atoms with E-state index in [0.717, 1.165) is 18.5 Å². The molecule has 0 saturated carbocycles. The minimum atomic E-state index is -0.330. The summed E-state index contributed by atoms with van der Waals surface area (Å²) in [6.45, 7) is 1.11. The topological polar surface area (TPSA) is 47.6 Å². The first-order chi connectivity index (χ1) is 8.31. The third kappa shape index (κ3) is 3.05. The molecule has 0 amide bonds. The zero-order valence-corrected chi connectivity index (χ0v) is 9.89. The van der Waals surface area contributed by atoms with Crippen LogP contribution >= 0.6 is 0 Å². The van der Waals surface area contributed by atoms with E-state index in [4.69, 9.17) is 9.47 Å². The molecule has 1 aliphatic rings. The van der Waals surface area contributed by atoms with Crippen LogP contribution in [0.3, 0.4) is 0 Å². The molecule has 92 valence electrons. The summed E-state index contributed by atoms with van der Waals surface area (Å²) < 4.78 is 10.5. The van der Waals surface area contributed by atoms with E-state index in [1.54, 1.807) is 7.11 Å². The van der Waals surface area contributed by atoms with Gasteiger partial charge in [-0.15, -0.1) is 0 Å². The van der Waals surface area contributed by atoms with Gasteiger partial charge in [0, 0.05) is 7.11 Å². The molecule has 1 aromatic rings. The lowest BCUT2D eigenvalue weighted by atomic mass is 10.2. The predicted octanol–water partition coefficient (Wildman–Crippen LogP) is 1.11. The highest BCUT2D eigenvalue weighted by Crippen LogP contribution is 2.12. The number of carbonyl (C=O) groups excluding carboxylic acids is 1. The lowest BCUT2D eigenvalue weighted by Gasteiger charge is -2.16. The lowest BCUT2D eigenvalue weighted by Crippen LogP contribution is -2.40. The maximum absolute atomic E-state index is 11.8. The van der Waals surface area contributed by atoms with Crippen LogP contribution in [-0.2, 0) is 20.9 Å². The smallest absolute Gasteiger partial charge is 0.326 e.